The van der Waals surface area contributed by atoms with Crippen LogP contribution in [0, 0.1) is 0 Å². The van der Waals surface area contributed by atoms with Crippen molar-refractivity contribution in [2.75, 3.05) is 18.6 Å². The molecule has 0 bridgehead atoms. The molecular weight excluding hydrogens is 395 g/mol. The van der Waals surface area contributed by atoms with Gasteiger partial charge in [-0.3, -0.25) is 0 Å². The van der Waals surface area contributed by atoms with Crippen LogP contribution in [-0.2, 0) is 16.0 Å². The summed E-state index contributed by atoms with van der Waals surface area (Å²) in [5.41, 5.74) is 0.491. The highest BCUT2D eigenvalue weighted by atomic mass is 32.2. The number of benzene rings is 2. The second-order valence-electron chi connectivity index (χ2n) is 6.10. The number of hydrogen-bond acceptors (Lipinski definition) is 5. The summed E-state index contributed by atoms with van der Waals surface area (Å²) in [5.74, 6) is -0.557. The average molecular weight is 411 g/mol. The van der Waals surface area contributed by atoms with E-state index in [0.717, 1.165) is 18.4 Å². The molecule has 6 nitrogen and oxygen atoms in total. The van der Waals surface area contributed by atoms with Gasteiger partial charge in [0, 0.05) is 25.1 Å². The van der Waals surface area contributed by atoms with Gasteiger partial charge in [-0.2, -0.15) is 13.2 Å². The highest BCUT2D eigenvalue weighted by Crippen LogP contribution is 2.36. The topological polar surface area (TPSA) is 84.2 Å². The summed E-state index contributed by atoms with van der Waals surface area (Å²) in [6.45, 7) is 0. The number of rotatable bonds is 4. The van der Waals surface area contributed by atoms with E-state index in [0.29, 0.717) is 17.4 Å². The third kappa shape index (κ3) is 3.81. The molecule has 0 amide bonds. The Morgan fingerprint density at radius 2 is 1.86 bits per heavy atom. The van der Waals surface area contributed by atoms with Crippen molar-refractivity contribution < 1.29 is 26.7 Å². The van der Waals surface area contributed by atoms with Crippen LogP contribution in [0.2, 0.25) is 0 Å². The predicted octanol–water partition coefficient (Wildman–Crippen LogP) is 3.71. The van der Waals surface area contributed by atoms with Gasteiger partial charge in [-0.1, -0.05) is 0 Å². The Morgan fingerprint density at radius 1 is 1.14 bits per heavy atom. The Bertz CT molecular complexity index is 1140. The van der Waals surface area contributed by atoms with Crippen molar-refractivity contribution in [2.45, 2.75) is 11.1 Å². The smallest absolute Gasteiger partial charge is 0.416 e. The molecule has 2 N–H and O–H groups in total. The highest BCUT2D eigenvalue weighted by molar-refractivity contribution is 7.90. The fourth-order valence-electron chi connectivity index (χ4n) is 2.69. The van der Waals surface area contributed by atoms with Crippen LogP contribution in [-0.4, -0.2) is 36.4 Å². The first-order valence-corrected chi connectivity index (χ1v) is 9.86. The number of imidazole rings is 1. The third-order valence-electron chi connectivity index (χ3n) is 4.13. The van der Waals surface area contributed by atoms with Gasteiger partial charge in [0.05, 0.1) is 33.9 Å². The zero-order chi connectivity index (χ0) is 20.7. The molecule has 10 heteroatoms. The second kappa shape index (κ2) is 6.86. The Morgan fingerprint density at radius 3 is 2.43 bits per heavy atom. The molecule has 28 heavy (non-hydrogen) atoms. The molecule has 1 heterocycles. The average Bonchev–Trinajstić information content (AvgIpc) is 3.09. The molecule has 3 aromatic rings. The number of halogens is 3. The van der Waals surface area contributed by atoms with Gasteiger partial charge in [-0.25, -0.2) is 13.4 Å². The van der Waals surface area contributed by atoms with Crippen molar-refractivity contribution >= 4 is 15.5 Å². The second-order valence-corrected chi connectivity index (χ2v) is 8.11. The quantitative estimate of drug-likeness (QED) is 0.684. The van der Waals surface area contributed by atoms with Crippen molar-refractivity contribution in [1.82, 2.24) is 9.55 Å². The lowest BCUT2D eigenvalue weighted by Gasteiger charge is -2.11. The molecule has 0 saturated heterocycles. The Hall–Kier alpha value is -3.01. The summed E-state index contributed by atoms with van der Waals surface area (Å²) >= 11 is 0. The number of nitrogens with one attached hydrogen (secondary N) is 1. The number of phenols is 1. The van der Waals surface area contributed by atoms with Crippen molar-refractivity contribution in [2.24, 2.45) is 0 Å². The van der Waals surface area contributed by atoms with Gasteiger partial charge < -0.3 is 15.0 Å². The lowest BCUT2D eigenvalue weighted by Crippen LogP contribution is -2.04. The van der Waals surface area contributed by atoms with Crippen molar-refractivity contribution in [3.8, 4) is 22.7 Å². The van der Waals surface area contributed by atoms with E-state index in [1.54, 1.807) is 13.1 Å². The van der Waals surface area contributed by atoms with E-state index in [4.69, 9.17) is 0 Å². The SMILES string of the molecule is CNc1ccc(S(C)(=O)=O)cc1-n1cnc(-c2ccc(C(F)(F)F)cc2O)c1. The van der Waals surface area contributed by atoms with E-state index in [1.165, 1.54) is 29.2 Å². The number of hydrogen-bond donors (Lipinski definition) is 2. The van der Waals surface area contributed by atoms with Crippen LogP contribution in [0.4, 0.5) is 18.9 Å². The van der Waals surface area contributed by atoms with Gasteiger partial charge in [0.1, 0.15) is 5.75 Å². The Balaban J connectivity index is 2.06. The van der Waals surface area contributed by atoms with Crippen molar-refractivity contribution in [1.29, 1.82) is 0 Å². The molecule has 0 unspecified atom stereocenters. The van der Waals surface area contributed by atoms with Gasteiger partial charge in [0.25, 0.3) is 0 Å². The minimum Gasteiger partial charge on any atom is -0.507 e. The van der Waals surface area contributed by atoms with Crippen molar-refractivity contribution in [3.05, 3.63) is 54.5 Å². The molecule has 0 aliphatic rings. The monoisotopic (exact) mass is 411 g/mol. The Kier molecular flexibility index (Phi) is 4.84. The fourth-order valence-corrected chi connectivity index (χ4v) is 3.33. The maximum Gasteiger partial charge on any atom is 0.416 e. The van der Waals surface area contributed by atoms with Crippen molar-refractivity contribution in [3.63, 3.8) is 0 Å². The minimum absolute atomic E-state index is 0.106. The first-order valence-electron chi connectivity index (χ1n) is 7.97. The van der Waals surface area contributed by atoms with Gasteiger partial charge in [-0.05, 0) is 36.4 Å². The third-order valence-corrected chi connectivity index (χ3v) is 5.24. The lowest BCUT2D eigenvalue weighted by atomic mass is 10.1. The minimum atomic E-state index is -4.57. The largest absolute Gasteiger partial charge is 0.507 e. The lowest BCUT2D eigenvalue weighted by molar-refractivity contribution is -0.137. The molecule has 2 aromatic carbocycles. The number of nitrogens with zero attached hydrogens (tertiary/aromatic N) is 2. The molecule has 0 aliphatic carbocycles. The molecule has 148 valence electrons. The van der Waals surface area contributed by atoms with Gasteiger partial charge in [0.2, 0.25) is 0 Å². The maximum absolute atomic E-state index is 12.8. The van der Waals surface area contributed by atoms with Crippen LogP contribution >= 0.6 is 0 Å². The summed E-state index contributed by atoms with van der Waals surface area (Å²) in [7, 11) is -1.77. The normalized spacial score (nSPS) is 12.2. The summed E-state index contributed by atoms with van der Waals surface area (Å²) in [6, 6.07) is 7.15. The summed E-state index contributed by atoms with van der Waals surface area (Å²) in [4.78, 5) is 4.23. The molecule has 1 aromatic heterocycles. The first kappa shape index (κ1) is 19.7. The molecule has 0 aliphatic heterocycles. The number of anilines is 1. The predicted molar refractivity (Wildman–Crippen MR) is 98.3 cm³/mol. The van der Waals surface area contributed by atoms with E-state index >= 15 is 0 Å². The van der Waals surface area contributed by atoms with Crippen LogP contribution in [0.25, 0.3) is 16.9 Å². The maximum atomic E-state index is 12.8. The van der Waals surface area contributed by atoms with E-state index in [-0.39, 0.29) is 16.2 Å². The van der Waals surface area contributed by atoms with Crippen LogP contribution < -0.4 is 5.32 Å². The summed E-state index contributed by atoms with van der Waals surface area (Å²) < 4.78 is 63.5. The zero-order valence-electron chi connectivity index (χ0n) is 14.8. The number of aromatic hydroxyl groups is 1. The van der Waals surface area contributed by atoms with Crippen LogP contribution in [0.3, 0.4) is 0 Å². The van der Waals surface area contributed by atoms with Crippen LogP contribution in [0.1, 0.15) is 5.56 Å². The Labute approximate surface area is 159 Å². The molecule has 0 radical (unpaired) electrons. The zero-order valence-corrected chi connectivity index (χ0v) is 15.6. The van der Waals surface area contributed by atoms with Crippen LogP contribution in [0.5, 0.6) is 5.75 Å². The number of alkyl halides is 3. The van der Waals surface area contributed by atoms with Gasteiger partial charge >= 0.3 is 6.18 Å². The first-order chi connectivity index (χ1) is 13.0. The van der Waals surface area contributed by atoms with E-state index in [2.05, 4.69) is 10.3 Å². The number of phenolic OH excluding ortho intramolecular Hbond substituents is 1. The molecule has 0 atom stereocenters. The van der Waals surface area contributed by atoms with Crippen LogP contribution in [0.15, 0.2) is 53.8 Å². The number of sulfone groups is 1. The van der Waals surface area contributed by atoms with Gasteiger partial charge in [-0.15, -0.1) is 0 Å². The van der Waals surface area contributed by atoms with Gasteiger partial charge in [0.15, 0.2) is 9.84 Å². The molecular formula is C18H16F3N3O3S. The molecule has 0 spiro atoms. The summed E-state index contributed by atoms with van der Waals surface area (Å²) in [6.07, 6.45) is -0.604. The molecule has 3 rings (SSSR count). The van der Waals surface area contributed by atoms with E-state index < -0.39 is 27.3 Å². The molecule has 0 saturated carbocycles. The van der Waals surface area contributed by atoms with E-state index in [9.17, 15) is 26.7 Å². The number of aromatic nitrogens is 2. The summed E-state index contributed by atoms with van der Waals surface area (Å²) in [5, 5.41) is 12.9. The standard InChI is InChI=1S/C18H16F3N3O3S/c1-22-14-6-4-12(28(2,26)27)8-16(14)24-9-15(23-10-24)13-5-3-11(7-17(13)25)18(19,20)21/h3-10,22,25H,1-2H3. The fraction of sp³-hybridized carbons (Fsp3) is 0.167. The van der Waals surface area contributed by atoms with E-state index in [1.807, 2.05) is 0 Å². The molecule has 0 fully saturated rings. The highest BCUT2D eigenvalue weighted by Gasteiger charge is 2.31.